The predicted molar refractivity (Wildman–Crippen MR) is 327 cm³/mol. The minimum Gasteiger partial charge on any atom is -0.305 e. The molecule has 384 valence electrons. The SMILES string of the molecule is [C-]#[N+]c1ccc(-c2cc(-c3nc(-c4ccccc4)nc(-c4ccccc4)n3)cc(-c3nc(-c4ccccc4)nc(-c4ccccc4)n3)c2N2c3ccccc3N(c3cc(-c4ccccc4)nc(-c4ccccc4)n3)c3ccccc32)cc1. The smallest absolute Gasteiger partial charge is 0.187 e. The van der Waals surface area contributed by atoms with Crippen LogP contribution in [-0.4, -0.2) is 39.9 Å². The van der Waals surface area contributed by atoms with Gasteiger partial charge < -0.3 is 4.90 Å². The van der Waals surface area contributed by atoms with Crippen molar-refractivity contribution >= 4 is 39.9 Å². The normalized spacial score (nSPS) is 11.6. The molecule has 0 spiro atoms. The molecule has 11 heteroatoms. The highest BCUT2D eigenvalue weighted by Crippen LogP contribution is 2.58. The number of anilines is 6. The van der Waals surface area contributed by atoms with E-state index in [1.54, 1.807) is 0 Å². The van der Waals surface area contributed by atoms with Gasteiger partial charge in [-0.3, -0.25) is 4.90 Å². The first-order valence-electron chi connectivity index (χ1n) is 26.8. The molecule has 0 aliphatic carbocycles. The second-order valence-electron chi connectivity index (χ2n) is 19.5. The van der Waals surface area contributed by atoms with E-state index in [9.17, 15) is 0 Å². The lowest BCUT2D eigenvalue weighted by Gasteiger charge is -2.41. The van der Waals surface area contributed by atoms with Crippen LogP contribution >= 0.6 is 0 Å². The summed E-state index contributed by atoms with van der Waals surface area (Å²) in [5.41, 5.74) is 13.7. The average Bonchev–Trinajstić information content (AvgIpc) is 3.64. The van der Waals surface area contributed by atoms with E-state index in [0.717, 1.165) is 78.6 Å². The van der Waals surface area contributed by atoms with E-state index >= 15 is 0 Å². The summed E-state index contributed by atoms with van der Waals surface area (Å²) in [4.78, 5) is 50.7. The van der Waals surface area contributed by atoms with E-state index in [1.807, 2.05) is 194 Å². The summed E-state index contributed by atoms with van der Waals surface area (Å²) < 4.78 is 0. The van der Waals surface area contributed by atoms with Gasteiger partial charge in [0, 0.05) is 56.1 Å². The average molecular weight is 1050 g/mol. The third-order valence-corrected chi connectivity index (χ3v) is 14.3. The van der Waals surface area contributed by atoms with Gasteiger partial charge in [-0.1, -0.05) is 231 Å². The van der Waals surface area contributed by atoms with Crippen LogP contribution in [0.1, 0.15) is 0 Å². The number of aromatic nitrogens is 8. The number of fused-ring (bicyclic) bond motifs is 2. The van der Waals surface area contributed by atoms with Gasteiger partial charge in [0.2, 0.25) is 0 Å². The Morgan fingerprint density at radius 1 is 0.256 bits per heavy atom. The van der Waals surface area contributed by atoms with E-state index in [2.05, 4.69) is 93.5 Å². The molecule has 0 saturated heterocycles. The summed E-state index contributed by atoms with van der Waals surface area (Å²) in [5, 5.41) is 0. The highest BCUT2D eigenvalue weighted by Gasteiger charge is 2.35. The number of hydrogen-bond donors (Lipinski definition) is 0. The topological polar surface area (TPSA) is 114 Å². The lowest BCUT2D eigenvalue weighted by Crippen LogP contribution is -2.25. The van der Waals surface area contributed by atoms with Crippen molar-refractivity contribution in [2.24, 2.45) is 0 Å². The standard InChI is InChI=1S/C71H45N11/c1-72-55-42-40-47(41-43-55)56-44-54(70-77-66(50-28-12-4-13-29-50)75-67(78-70)51-30-14-5-15-31-51)45-57(71-79-68(52-32-16-6-17-33-52)76-69(80-71)53-34-18-7-19-35-53)64(56)82-61-38-22-20-36-59(61)81(60-37-21-23-39-62(60)82)63-46-58(48-24-8-2-9-25-48)73-65(74-63)49-26-10-3-11-27-49/h2-46H. The molecule has 1 aliphatic heterocycles. The molecular formula is C71H45N11. The number of nitrogens with zero attached hydrogens (tertiary/aromatic N) is 11. The van der Waals surface area contributed by atoms with Gasteiger partial charge in [-0.2, -0.15) is 0 Å². The van der Waals surface area contributed by atoms with Gasteiger partial charge in [-0.25, -0.2) is 44.7 Å². The zero-order chi connectivity index (χ0) is 54.8. The number of hydrogen-bond acceptors (Lipinski definition) is 10. The fraction of sp³-hybridized carbons (Fsp3) is 0. The number of rotatable bonds is 11. The van der Waals surface area contributed by atoms with Crippen LogP contribution in [0.5, 0.6) is 0 Å². The molecule has 82 heavy (non-hydrogen) atoms. The quantitative estimate of drug-likeness (QED) is 0.116. The molecule has 14 rings (SSSR count). The Morgan fingerprint density at radius 2 is 0.585 bits per heavy atom. The lowest BCUT2D eigenvalue weighted by atomic mass is 9.93. The molecule has 4 heterocycles. The first-order valence-corrected chi connectivity index (χ1v) is 26.8. The molecule has 0 atom stereocenters. The highest BCUT2D eigenvalue weighted by molar-refractivity contribution is 6.07. The van der Waals surface area contributed by atoms with Crippen molar-refractivity contribution in [3.63, 3.8) is 0 Å². The van der Waals surface area contributed by atoms with Crippen molar-refractivity contribution < 1.29 is 0 Å². The maximum absolute atomic E-state index is 8.01. The monoisotopic (exact) mass is 1050 g/mol. The Morgan fingerprint density at radius 3 is 0.988 bits per heavy atom. The molecule has 13 aromatic rings. The van der Waals surface area contributed by atoms with Crippen molar-refractivity contribution in [1.29, 1.82) is 0 Å². The molecule has 3 aromatic heterocycles. The van der Waals surface area contributed by atoms with Crippen LogP contribution in [0.25, 0.3) is 107 Å². The lowest BCUT2D eigenvalue weighted by molar-refractivity contribution is 1.06. The van der Waals surface area contributed by atoms with Crippen molar-refractivity contribution in [3.05, 3.63) is 284 Å². The van der Waals surface area contributed by atoms with Crippen LogP contribution < -0.4 is 9.80 Å². The molecule has 11 nitrogen and oxygen atoms in total. The van der Waals surface area contributed by atoms with Crippen molar-refractivity contribution in [2.75, 3.05) is 9.80 Å². The maximum atomic E-state index is 8.01. The Kier molecular flexibility index (Phi) is 12.7. The summed E-state index contributed by atoms with van der Waals surface area (Å²) in [6, 6.07) is 91.1. The molecule has 10 aromatic carbocycles. The zero-order valence-corrected chi connectivity index (χ0v) is 43.9. The predicted octanol–water partition coefficient (Wildman–Crippen LogP) is 17.7. The van der Waals surface area contributed by atoms with Gasteiger partial charge >= 0.3 is 0 Å². The fourth-order valence-corrected chi connectivity index (χ4v) is 10.4. The van der Waals surface area contributed by atoms with E-state index in [1.165, 1.54) is 0 Å². The third kappa shape index (κ3) is 9.34. The largest absolute Gasteiger partial charge is 0.305 e. The molecule has 0 bridgehead atoms. The van der Waals surface area contributed by atoms with E-state index in [-0.39, 0.29) is 0 Å². The number of benzene rings is 10. The Balaban J connectivity index is 1.08. The summed E-state index contributed by atoms with van der Waals surface area (Å²) in [5.74, 6) is 4.18. The molecular weight excluding hydrogens is 1010 g/mol. The van der Waals surface area contributed by atoms with Crippen molar-refractivity contribution in [2.45, 2.75) is 0 Å². The Bertz CT molecular complexity index is 4280. The molecule has 0 amide bonds. The van der Waals surface area contributed by atoms with Gasteiger partial charge in [0.05, 0.1) is 40.7 Å². The highest BCUT2D eigenvalue weighted by atomic mass is 15.3. The van der Waals surface area contributed by atoms with Crippen LogP contribution in [0.3, 0.4) is 0 Å². The van der Waals surface area contributed by atoms with Crippen LogP contribution in [-0.2, 0) is 0 Å². The third-order valence-electron chi connectivity index (χ3n) is 14.3. The Hall–Kier alpha value is -11.6. The van der Waals surface area contributed by atoms with Crippen LogP contribution in [0.2, 0.25) is 0 Å². The summed E-state index contributed by atoms with van der Waals surface area (Å²) in [6.45, 7) is 8.01. The summed E-state index contributed by atoms with van der Waals surface area (Å²) in [7, 11) is 0. The summed E-state index contributed by atoms with van der Waals surface area (Å²) >= 11 is 0. The molecule has 1 aliphatic rings. The van der Waals surface area contributed by atoms with Gasteiger partial charge in [-0.05, 0) is 42.0 Å². The minimum absolute atomic E-state index is 0.414. The summed E-state index contributed by atoms with van der Waals surface area (Å²) in [6.07, 6.45) is 0. The van der Waals surface area contributed by atoms with Gasteiger partial charge in [0.25, 0.3) is 0 Å². The zero-order valence-electron chi connectivity index (χ0n) is 43.9. The van der Waals surface area contributed by atoms with Gasteiger partial charge in [-0.15, -0.1) is 0 Å². The molecule has 0 unspecified atom stereocenters. The van der Waals surface area contributed by atoms with Crippen LogP contribution in [0, 0.1) is 6.57 Å². The molecule has 0 fully saturated rings. The van der Waals surface area contributed by atoms with Gasteiger partial charge in [0.1, 0.15) is 5.82 Å². The van der Waals surface area contributed by atoms with E-state index in [0.29, 0.717) is 63.4 Å². The molecule has 0 saturated carbocycles. The van der Waals surface area contributed by atoms with E-state index in [4.69, 9.17) is 46.4 Å². The maximum Gasteiger partial charge on any atom is 0.187 e. The fourth-order valence-electron chi connectivity index (χ4n) is 10.4. The second-order valence-corrected chi connectivity index (χ2v) is 19.5. The van der Waals surface area contributed by atoms with Crippen LogP contribution in [0.15, 0.2) is 273 Å². The minimum atomic E-state index is 0.414. The van der Waals surface area contributed by atoms with Crippen LogP contribution in [0.4, 0.5) is 39.9 Å². The Labute approximate surface area is 473 Å². The molecule has 0 N–H and O–H groups in total. The van der Waals surface area contributed by atoms with Crippen molar-refractivity contribution in [1.82, 2.24) is 39.9 Å². The first kappa shape index (κ1) is 48.7. The van der Waals surface area contributed by atoms with Gasteiger partial charge in [0.15, 0.2) is 46.5 Å². The number of para-hydroxylation sites is 4. The van der Waals surface area contributed by atoms with Crippen molar-refractivity contribution in [3.8, 4) is 102 Å². The second kappa shape index (κ2) is 21.3. The molecule has 0 radical (unpaired) electrons. The van der Waals surface area contributed by atoms with E-state index < -0.39 is 0 Å². The first-order chi connectivity index (χ1) is 40.6.